The summed E-state index contributed by atoms with van der Waals surface area (Å²) in [6.45, 7) is 0. The van der Waals surface area contributed by atoms with E-state index in [-0.39, 0.29) is 93.2 Å². The molecule has 0 nitrogen and oxygen atoms in total. The molecule has 4 heavy (non-hydrogen) atoms. The minimum Gasteiger partial charge on any atom is -1.00 e. The molecule has 0 saturated carbocycles. The van der Waals surface area contributed by atoms with Gasteiger partial charge in [-0.05, 0) is 0 Å². The van der Waals surface area contributed by atoms with Crippen molar-refractivity contribution >= 4 is 48.9 Å². The van der Waals surface area contributed by atoms with Gasteiger partial charge in [-0.2, -0.15) is 0 Å². The SMILES string of the molecule is [Ba+2].[Cl-].[Cl-].[Zn+2]. The van der Waals surface area contributed by atoms with Crippen LogP contribution in [0.4, 0.5) is 0 Å². The van der Waals surface area contributed by atoms with E-state index in [0.29, 0.717) is 0 Å². The van der Waals surface area contributed by atoms with Crippen LogP contribution in [-0.4, -0.2) is 48.9 Å². The third-order valence-corrected chi connectivity index (χ3v) is 0. The molecule has 0 bridgehead atoms. The van der Waals surface area contributed by atoms with Gasteiger partial charge >= 0.3 is 68.4 Å². The maximum atomic E-state index is 0. The Balaban J connectivity index is 0. The van der Waals surface area contributed by atoms with E-state index in [1.54, 1.807) is 0 Å². The predicted octanol–water partition coefficient (Wildman–Crippen LogP) is -6.38. The van der Waals surface area contributed by atoms with Crippen molar-refractivity contribution in [1.29, 1.82) is 0 Å². The quantitative estimate of drug-likeness (QED) is 0.385. The van der Waals surface area contributed by atoms with Crippen molar-refractivity contribution in [1.82, 2.24) is 0 Å². The monoisotopic (exact) mass is 272 g/mol. The average Bonchev–Trinajstić information content (AvgIpc) is 0. The largest absolute Gasteiger partial charge is 2.00 e. The number of hydrogen-bond acceptors (Lipinski definition) is 0. The first kappa shape index (κ1) is 29.3. The molecular formula is BaCl2Zn+2. The van der Waals surface area contributed by atoms with Gasteiger partial charge in [0, 0.05) is 0 Å². The van der Waals surface area contributed by atoms with Crippen LogP contribution in [0.15, 0.2) is 0 Å². The first-order valence-electron chi connectivity index (χ1n) is 0. The van der Waals surface area contributed by atoms with Gasteiger partial charge in [-0.25, -0.2) is 0 Å². The van der Waals surface area contributed by atoms with E-state index < -0.39 is 0 Å². The topological polar surface area (TPSA) is 0 Å². The number of hydrogen-bond donors (Lipinski definition) is 0. The molecule has 0 saturated heterocycles. The van der Waals surface area contributed by atoms with Crippen LogP contribution in [0, 0.1) is 0 Å². The van der Waals surface area contributed by atoms with Crippen LogP contribution in [0.2, 0.25) is 0 Å². The molecule has 0 aliphatic carbocycles. The van der Waals surface area contributed by atoms with Crippen LogP contribution in [-0.2, 0) is 19.5 Å². The Kier molecular flexibility index (Phi) is 125. The molecule has 0 atom stereocenters. The molecule has 0 radical (unpaired) electrons. The molecule has 0 aliphatic rings. The Morgan fingerprint density at radius 1 is 0.750 bits per heavy atom. The second-order valence-electron chi connectivity index (χ2n) is 0. The van der Waals surface area contributed by atoms with Crippen molar-refractivity contribution in [3.63, 3.8) is 0 Å². The fraction of sp³-hybridized carbons (Fsp3) is 0. The van der Waals surface area contributed by atoms with Crippen LogP contribution < -0.4 is 24.8 Å². The van der Waals surface area contributed by atoms with Gasteiger partial charge in [0.2, 0.25) is 0 Å². The van der Waals surface area contributed by atoms with Gasteiger partial charge in [0.05, 0.1) is 0 Å². The Morgan fingerprint density at radius 2 is 0.750 bits per heavy atom. The van der Waals surface area contributed by atoms with E-state index in [9.17, 15) is 0 Å². The second kappa shape index (κ2) is 17.1. The van der Waals surface area contributed by atoms with E-state index in [0.717, 1.165) is 0 Å². The zero-order valence-corrected chi connectivity index (χ0v) is 11.1. The van der Waals surface area contributed by atoms with Crippen LogP contribution >= 0.6 is 0 Å². The van der Waals surface area contributed by atoms with Crippen LogP contribution in [0.1, 0.15) is 0 Å². The molecule has 0 aromatic heterocycles. The first-order valence-corrected chi connectivity index (χ1v) is 0. The van der Waals surface area contributed by atoms with E-state index in [1.807, 2.05) is 0 Å². The van der Waals surface area contributed by atoms with Crippen molar-refractivity contribution in [3.8, 4) is 0 Å². The standard InChI is InChI=1S/Ba.2ClH.Zn/h;2*1H;/q+2;;;+2/p-2. The van der Waals surface area contributed by atoms with Gasteiger partial charge in [-0.15, -0.1) is 0 Å². The molecule has 16 valence electrons. The maximum absolute atomic E-state index is 0. The molecule has 0 fully saturated rings. The van der Waals surface area contributed by atoms with E-state index in [2.05, 4.69) is 0 Å². The summed E-state index contributed by atoms with van der Waals surface area (Å²) in [5.74, 6) is 0. The molecule has 0 aliphatic heterocycles. The van der Waals surface area contributed by atoms with Crippen molar-refractivity contribution in [2.24, 2.45) is 0 Å². The summed E-state index contributed by atoms with van der Waals surface area (Å²) in [5, 5.41) is 0. The second-order valence-corrected chi connectivity index (χ2v) is 0. The molecule has 0 spiro atoms. The minimum atomic E-state index is 0. The summed E-state index contributed by atoms with van der Waals surface area (Å²) in [5.41, 5.74) is 0. The molecule has 0 aromatic carbocycles. The van der Waals surface area contributed by atoms with Gasteiger partial charge in [-0.3, -0.25) is 0 Å². The third-order valence-electron chi connectivity index (χ3n) is 0. The number of halogens is 2. The van der Waals surface area contributed by atoms with Crippen molar-refractivity contribution in [2.75, 3.05) is 0 Å². The fourth-order valence-electron chi connectivity index (χ4n) is 0. The predicted molar refractivity (Wildman–Crippen MR) is 5.75 cm³/mol. The summed E-state index contributed by atoms with van der Waals surface area (Å²) in [6, 6.07) is 0. The Hall–Kier alpha value is 2.77. The van der Waals surface area contributed by atoms with Gasteiger partial charge in [0.1, 0.15) is 0 Å². The molecule has 0 amide bonds. The van der Waals surface area contributed by atoms with Crippen molar-refractivity contribution in [3.05, 3.63) is 0 Å². The first-order chi connectivity index (χ1) is 0. The third kappa shape index (κ3) is 8.84. The molecular weight excluding hydrogens is 274 g/mol. The van der Waals surface area contributed by atoms with Gasteiger partial charge in [-0.1, -0.05) is 0 Å². The molecule has 0 heterocycles. The molecule has 0 rings (SSSR count). The van der Waals surface area contributed by atoms with Crippen LogP contribution in [0.3, 0.4) is 0 Å². The van der Waals surface area contributed by atoms with Crippen LogP contribution in [0.25, 0.3) is 0 Å². The van der Waals surface area contributed by atoms with E-state index in [4.69, 9.17) is 0 Å². The van der Waals surface area contributed by atoms with E-state index in [1.165, 1.54) is 0 Å². The minimum absolute atomic E-state index is 0. The molecule has 0 aromatic rings. The zero-order chi connectivity index (χ0) is 0. The van der Waals surface area contributed by atoms with Crippen LogP contribution in [0.5, 0.6) is 0 Å². The van der Waals surface area contributed by atoms with Crippen molar-refractivity contribution in [2.45, 2.75) is 0 Å². The Morgan fingerprint density at radius 3 is 0.750 bits per heavy atom. The smallest absolute Gasteiger partial charge is 1.00 e. The summed E-state index contributed by atoms with van der Waals surface area (Å²) >= 11 is 0. The molecule has 0 N–H and O–H groups in total. The van der Waals surface area contributed by atoms with E-state index >= 15 is 0 Å². The number of rotatable bonds is 0. The zero-order valence-electron chi connectivity index (χ0n) is 2.17. The van der Waals surface area contributed by atoms with Gasteiger partial charge in [0.25, 0.3) is 0 Å². The Bertz CT molecular complexity index is 6.00. The Labute approximate surface area is 91.1 Å². The normalized spacial score (nSPS) is 0. The summed E-state index contributed by atoms with van der Waals surface area (Å²) in [4.78, 5) is 0. The fourth-order valence-corrected chi connectivity index (χ4v) is 0. The maximum Gasteiger partial charge on any atom is 2.00 e. The molecule has 0 unspecified atom stereocenters. The molecule has 4 heteroatoms. The summed E-state index contributed by atoms with van der Waals surface area (Å²) in [7, 11) is 0. The van der Waals surface area contributed by atoms with Gasteiger partial charge < -0.3 is 24.8 Å². The summed E-state index contributed by atoms with van der Waals surface area (Å²) in [6.07, 6.45) is 0. The summed E-state index contributed by atoms with van der Waals surface area (Å²) < 4.78 is 0. The van der Waals surface area contributed by atoms with Crippen molar-refractivity contribution < 1.29 is 44.3 Å². The average molecular weight is 274 g/mol. The van der Waals surface area contributed by atoms with Gasteiger partial charge in [0.15, 0.2) is 0 Å².